The molecule has 0 heterocycles. The van der Waals surface area contributed by atoms with Gasteiger partial charge in [0.1, 0.15) is 12.4 Å². The predicted octanol–water partition coefficient (Wildman–Crippen LogP) is 1.77. The maximum atomic E-state index is 13.0. The van der Waals surface area contributed by atoms with Gasteiger partial charge in [0.15, 0.2) is 0 Å². The molecule has 22 heavy (non-hydrogen) atoms. The first-order valence-corrected chi connectivity index (χ1v) is 7.93. The van der Waals surface area contributed by atoms with E-state index in [9.17, 15) is 17.6 Å². The van der Waals surface area contributed by atoms with Gasteiger partial charge in [-0.05, 0) is 36.4 Å². The van der Waals surface area contributed by atoms with Crippen LogP contribution in [0.25, 0.3) is 0 Å². The number of carbonyl (C=O) groups excluding carboxylic acids is 1. The van der Waals surface area contributed by atoms with Crippen LogP contribution in [0, 0.1) is 5.82 Å². The molecule has 7 heteroatoms. The molecule has 1 N–H and O–H groups in total. The molecular formula is C15H15FN2O3S. The molecule has 0 saturated carbocycles. The van der Waals surface area contributed by atoms with Crippen molar-refractivity contribution in [3.8, 4) is 0 Å². The summed E-state index contributed by atoms with van der Waals surface area (Å²) in [5, 5.41) is 2.39. The Morgan fingerprint density at radius 2 is 1.68 bits per heavy atom. The van der Waals surface area contributed by atoms with Gasteiger partial charge < -0.3 is 5.32 Å². The minimum absolute atomic E-state index is 0.0818. The van der Waals surface area contributed by atoms with E-state index in [0.717, 1.165) is 16.4 Å². The lowest BCUT2D eigenvalue weighted by Crippen LogP contribution is -2.39. The second kappa shape index (κ2) is 6.57. The number of carbonyl (C=O) groups is 1. The van der Waals surface area contributed by atoms with E-state index >= 15 is 0 Å². The van der Waals surface area contributed by atoms with Crippen molar-refractivity contribution >= 4 is 21.6 Å². The van der Waals surface area contributed by atoms with Crippen molar-refractivity contribution < 1.29 is 17.6 Å². The van der Waals surface area contributed by atoms with Crippen LogP contribution in [0.3, 0.4) is 0 Å². The number of rotatable bonds is 5. The molecule has 0 aromatic heterocycles. The number of amides is 1. The lowest BCUT2D eigenvalue weighted by atomic mass is 10.3. The summed E-state index contributed by atoms with van der Waals surface area (Å²) in [6, 6.07) is 12.7. The van der Waals surface area contributed by atoms with Crippen LogP contribution >= 0.6 is 0 Å². The van der Waals surface area contributed by atoms with E-state index in [4.69, 9.17) is 0 Å². The Hall–Kier alpha value is -2.41. The predicted molar refractivity (Wildman–Crippen MR) is 81.4 cm³/mol. The molecule has 2 aromatic carbocycles. The molecule has 0 atom stereocenters. The van der Waals surface area contributed by atoms with Crippen molar-refractivity contribution in [2.24, 2.45) is 0 Å². The lowest BCUT2D eigenvalue weighted by Gasteiger charge is -2.23. The standard InChI is InChI=1S/C15H15FN2O3S/c1-17-15(19)11-18(13-5-3-2-4-6-13)22(20,21)14-9-7-12(16)8-10-14/h2-10H,11H2,1H3,(H,17,19). The van der Waals surface area contributed by atoms with E-state index in [1.54, 1.807) is 30.3 Å². The highest BCUT2D eigenvalue weighted by Gasteiger charge is 2.26. The maximum Gasteiger partial charge on any atom is 0.264 e. The molecule has 1 amide bonds. The van der Waals surface area contributed by atoms with Gasteiger partial charge in [-0.3, -0.25) is 9.10 Å². The van der Waals surface area contributed by atoms with Gasteiger partial charge in [-0.15, -0.1) is 0 Å². The largest absolute Gasteiger partial charge is 0.358 e. The summed E-state index contributed by atoms with van der Waals surface area (Å²) in [4.78, 5) is 11.6. The second-order valence-electron chi connectivity index (χ2n) is 4.47. The van der Waals surface area contributed by atoms with E-state index < -0.39 is 21.7 Å². The Kier molecular flexibility index (Phi) is 4.77. The van der Waals surface area contributed by atoms with Crippen molar-refractivity contribution in [2.45, 2.75) is 4.90 Å². The summed E-state index contributed by atoms with van der Waals surface area (Å²) >= 11 is 0. The molecule has 5 nitrogen and oxygen atoms in total. The van der Waals surface area contributed by atoms with Crippen molar-refractivity contribution in [1.29, 1.82) is 0 Å². The number of nitrogens with zero attached hydrogens (tertiary/aromatic N) is 1. The zero-order chi connectivity index (χ0) is 16.2. The summed E-state index contributed by atoms with van der Waals surface area (Å²) in [5.74, 6) is -0.981. The third-order valence-electron chi connectivity index (χ3n) is 3.01. The Morgan fingerprint density at radius 3 is 2.23 bits per heavy atom. The van der Waals surface area contributed by atoms with Gasteiger partial charge >= 0.3 is 0 Å². The molecule has 2 rings (SSSR count). The van der Waals surface area contributed by atoms with Crippen molar-refractivity contribution in [1.82, 2.24) is 5.32 Å². The average molecular weight is 322 g/mol. The summed E-state index contributed by atoms with van der Waals surface area (Å²) in [6.45, 7) is -0.361. The number of halogens is 1. The highest BCUT2D eigenvalue weighted by Crippen LogP contribution is 2.23. The van der Waals surface area contributed by atoms with Crippen LogP contribution in [-0.2, 0) is 14.8 Å². The van der Waals surface area contributed by atoms with E-state index in [2.05, 4.69) is 5.32 Å². The minimum Gasteiger partial charge on any atom is -0.358 e. The van der Waals surface area contributed by atoms with Gasteiger partial charge in [0.2, 0.25) is 5.91 Å². The fourth-order valence-corrected chi connectivity index (χ4v) is 3.27. The summed E-state index contributed by atoms with van der Waals surface area (Å²) in [6.07, 6.45) is 0. The van der Waals surface area contributed by atoms with Crippen LogP contribution in [0.15, 0.2) is 59.5 Å². The molecule has 116 valence electrons. The van der Waals surface area contributed by atoms with E-state index in [-0.39, 0.29) is 11.4 Å². The number of benzene rings is 2. The molecular weight excluding hydrogens is 307 g/mol. The third-order valence-corrected chi connectivity index (χ3v) is 4.80. The summed E-state index contributed by atoms with van der Waals surface area (Å²) in [7, 11) is -2.54. The van der Waals surface area contributed by atoms with Gasteiger partial charge in [0.25, 0.3) is 10.0 Å². The number of para-hydroxylation sites is 1. The molecule has 0 saturated heterocycles. The van der Waals surface area contributed by atoms with E-state index in [1.165, 1.54) is 19.2 Å². The first kappa shape index (κ1) is 16.0. The molecule has 0 unspecified atom stereocenters. The van der Waals surface area contributed by atoms with Gasteiger partial charge in [0, 0.05) is 7.05 Å². The third kappa shape index (κ3) is 3.43. The topological polar surface area (TPSA) is 66.5 Å². The number of nitrogens with one attached hydrogen (secondary N) is 1. The minimum atomic E-state index is -3.97. The second-order valence-corrected chi connectivity index (χ2v) is 6.34. The molecule has 2 aromatic rings. The van der Waals surface area contributed by atoms with Crippen LogP contribution in [0.2, 0.25) is 0 Å². The summed E-state index contributed by atoms with van der Waals surface area (Å²) in [5.41, 5.74) is 0.357. The number of hydrogen-bond acceptors (Lipinski definition) is 3. The Labute approximate surface area is 128 Å². The van der Waals surface area contributed by atoms with Crippen molar-refractivity contribution in [3.05, 3.63) is 60.4 Å². The van der Waals surface area contributed by atoms with Gasteiger partial charge in [0.05, 0.1) is 10.6 Å². The van der Waals surface area contributed by atoms with Crippen LogP contribution in [0.1, 0.15) is 0 Å². The first-order chi connectivity index (χ1) is 10.4. The van der Waals surface area contributed by atoms with Crippen molar-refractivity contribution in [3.63, 3.8) is 0 Å². The van der Waals surface area contributed by atoms with Crippen LogP contribution in [0.4, 0.5) is 10.1 Å². The highest BCUT2D eigenvalue weighted by atomic mass is 32.2. The Morgan fingerprint density at radius 1 is 1.09 bits per heavy atom. The molecule has 0 aliphatic carbocycles. The van der Waals surface area contributed by atoms with Gasteiger partial charge in [-0.25, -0.2) is 12.8 Å². The van der Waals surface area contributed by atoms with E-state index in [0.29, 0.717) is 5.69 Å². The van der Waals surface area contributed by atoms with Gasteiger partial charge in [-0.2, -0.15) is 0 Å². The fraction of sp³-hybridized carbons (Fsp3) is 0.133. The SMILES string of the molecule is CNC(=O)CN(c1ccccc1)S(=O)(=O)c1ccc(F)cc1. The molecule has 0 spiro atoms. The lowest BCUT2D eigenvalue weighted by molar-refractivity contribution is -0.119. The molecule has 0 bridgehead atoms. The Balaban J connectivity index is 2.47. The molecule has 0 aliphatic rings. The van der Waals surface area contributed by atoms with E-state index in [1.807, 2.05) is 0 Å². The van der Waals surface area contributed by atoms with Crippen LogP contribution in [-0.4, -0.2) is 27.9 Å². The van der Waals surface area contributed by atoms with Crippen LogP contribution in [0.5, 0.6) is 0 Å². The molecule has 0 fully saturated rings. The number of likely N-dealkylation sites (N-methyl/N-ethyl adjacent to an activating group) is 1. The fourth-order valence-electron chi connectivity index (χ4n) is 1.85. The normalized spacial score (nSPS) is 11.0. The smallest absolute Gasteiger partial charge is 0.264 e. The number of anilines is 1. The summed E-state index contributed by atoms with van der Waals surface area (Å²) < 4.78 is 39.4. The Bertz CT molecular complexity index is 746. The average Bonchev–Trinajstić information content (AvgIpc) is 2.53. The number of sulfonamides is 1. The zero-order valence-electron chi connectivity index (χ0n) is 11.9. The van der Waals surface area contributed by atoms with Crippen molar-refractivity contribution in [2.75, 3.05) is 17.9 Å². The highest BCUT2D eigenvalue weighted by molar-refractivity contribution is 7.92. The van der Waals surface area contributed by atoms with Crippen LogP contribution < -0.4 is 9.62 Å². The molecule has 0 radical (unpaired) electrons. The maximum absolute atomic E-state index is 13.0. The monoisotopic (exact) mass is 322 g/mol. The first-order valence-electron chi connectivity index (χ1n) is 6.49. The van der Waals surface area contributed by atoms with Gasteiger partial charge in [-0.1, -0.05) is 18.2 Å². The quantitative estimate of drug-likeness (QED) is 0.912. The zero-order valence-corrected chi connectivity index (χ0v) is 12.7. The molecule has 0 aliphatic heterocycles. The number of hydrogen-bond donors (Lipinski definition) is 1.